The van der Waals surface area contributed by atoms with E-state index in [9.17, 15) is 4.21 Å². The highest BCUT2D eigenvalue weighted by Crippen LogP contribution is 2.25. The fourth-order valence-corrected chi connectivity index (χ4v) is 2.71. The Bertz CT molecular complexity index is 601. The van der Waals surface area contributed by atoms with Crippen LogP contribution in [0.1, 0.15) is 0 Å². The van der Waals surface area contributed by atoms with Gasteiger partial charge in [0, 0.05) is 10.6 Å². The standard InChI is InChI=1S/C15H17NO3S/c1-18-14-7-2-3-8-15(14)19-9-10-20(17)13-6-4-5-12(16)11-13/h2-8,11H,9-10,16H2,1H3. The molecule has 0 heterocycles. The summed E-state index contributed by atoms with van der Waals surface area (Å²) in [5, 5.41) is 0. The molecule has 2 aromatic carbocycles. The van der Waals surface area contributed by atoms with Crippen LogP contribution in [0.3, 0.4) is 0 Å². The lowest BCUT2D eigenvalue weighted by Crippen LogP contribution is -2.09. The van der Waals surface area contributed by atoms with E-state index >= 15 is 0 Å². The van der Waals surface area contributed by atoms with E-state index in [1.165, 1.54) is 0 Å². The fourth-order valence-electron chi connectivity index (χ4n) is 1.74. The molecule has 2 N–H and O–H groups in total. The van der Waals surface area contributed by atoms with Gasteiger partial charge in [-0.3, -0.25) is 4.21 Å². The van der Waals surface area contributed by atoms with Crippen molar-refractivity contribution >= 4 is 16.5 Å². The summed E-state index contributed by atoms with van der Waals surface area (Å²) in [5.41, 5.74) is 6.28. The number of hydrogen-bond acceptors (Lipinski definition) is 4. The minimum atomic E-state index is -1.12. The van der Waals surface area contributed by atoms with Gasteiger partial charge >= 0.3 is 0 Å². The predicted octanol–water partition coefficient (Wildman–Crippen LogP) is 2.46. The Kier molecular flexibility index (Phi) is 5.01. The number of benzene rings is 2. The number of ether oxygens (including phenoxy) is 2. The average molecular weight is 291 g/mol. The van der Waals surface area contributed by atoms with Gasteiger partial charge in [0.2, 0.25) is 0 Å². The van der Waals surface area contributed by atoms with Crippen molar-refractivity contribution in [2.75, 3.05) is 25.2 Å². The third kappa shape index (κ3) is 3.74. The predicted molar refractivity (Wildman–Crippen MR) is 80.6 cm³/mol. The zero-order chi connectivity index (χ0) is 14.4. The van der Waals surface area contributed by atoms with Crippen molar-refractivity contribution in [3.05, 3.63) is 48.5 Å². The minimum absolute atomic E-state index is 0.349. The Morgan fingerprint density at radius 3 is 2.55 bits per heavy atom. The Hall–Kier alpha value is -2.01. The molecule has 1 unspecified atom stereocenters. The van der Waals surface area contributed by atoms with Crippen molar-refractivity contribution in [2.45, 2.75) is 4.90 Å². The highest BCUT2D eigenvalue weighted by molar-refractivity contribution is 7.85. The monoisotopic (exact) mass is 291 g/mol. The second-order valence-electron chi connectivity index (χ2n) is 4.12. The largest absolute Gasteiger partial charge is 0.493 e. The molecule has 0 aliphatic rings. The molecule has 5 heteroatoms. The Labute approximate surface area is 121 Å². The summed E-state index contributed by atoms with van der Waals surface area (Å²) in [5.74, 6) is 1.73. The molecule has 0 spiro atoms. The Morgan fingerprint density at radius 2 is 1.85 bits per heavy atom. The van der Waals surface area contributed by atoms with E-state index in [2.05, 4.69) is 0 Å². The summed E-state index contributed by atoms with van der Waals surface area (Å²) >= 11 is 0. The zero-order valence-electron chi connectivity index (χ0n) is 11.2. The number of anilines is 1. The van der Waals surface area contributed by atoms with Crippen LogP contribution in [0.2, 0.25) is 0 Å². The number of methoxy groups -OCH3 is 1. The van der Waals surface area contributed by atoms with Crippen LogP contribution in [-0.2, 0) is 10.8 Å². The van der Waals surface area contributed by atoms with Crippen LogP contribution in [-0.4, -0.2) is 23.7 Å². The first-order valence-corrected chi connectivity index (χ1v) is 7.52. The van der Waals surface area contributed by atoms with Crippen LogP contribution in [0, 0.1) is 0 Å². The van der Waals surface area contributed by atoms with Gasteiger partial charge in [0.05, 0.1) is 23.7 Å². The smallest absolute Gasteiger partial charge is 0.161 e. The molecule has 0 bridgehead atoms. The minimum Gasteiger partial charge on any atom is -0.493 e. The van der Waals surface area contributed by atoms with Gasteiger partial charge in [0.15, 0.2) is 11.5 Å². The van der Waals surface area contributed by atoms with Gasteiger partial charge in [-0.15, -0.1) is 0 Å². The molecule has 20 heavy (non-hydrogen) atoms. The zero-order valence-corrected chi connectivity index (χ0v) is 12.1. The van der Waals surface area contributed by atoms with Crippen molar-refractivity contribution in [1.82, 2.24) is 0 Å². The summed E-state index contributed by atoms with van der Waals surface area (Å²) in [7, 11) is 0.469. The molecule has 4 nitrogen and oxygen atoms in total. The number of para-hydroxylation sites is 2. The first kappa shape index (κ1) is 14.4. The van der Waals surface area contributed by atoms with E-state index in [0.29, 0.717) is 34.4 Å². The normalized spacial score (nSPS) is 11.8. The van der Waals surface area contributed by atoms with E-state index in [1.807, 2.05) is 24.3 Å². The van der Waals surface area contributed by atoms with E-state index in [-0.39, 0.29) is 0 Å². The van der Waals surface area contributed by atoms with Gasteiger partial charge in [-0.25, -0.2) is 0 Å². The number of rotatable bonds is 6. The maximum absolute atomic E-state index is 12.1. The van der Waals surface area contributed by atoms with Crippen LogP contribution in [0.15, 0.2) is 53.4 Å². The molecule has 2 aromatic rings. The molecule has 0 saturated carbocycles. The van der Waals surface area contributed by atoms with Gasteiger partial charge in [0.1, 0.15) is 6.61 Å². The van der Waals surface area contributed by atoms with Crippen LogP contribution in [0.5, 0.6) is 11.5 Å². The fraction of sp³-hybridized carbons (Fsp3) is 0.200. The summed E-state index contributed by atoms with van der Waals surface area (Å²) < 4.78 is 22.9. The molecule has 2 rings (SSSR count). The first-order chi connectivity index (χ1) is 9.70. The third-order valence-electron chi connectivity index (χ3n) is 2.72. The summed E-state index contributed by atoms with van der Waals surface area (Å²) in [4.78, 5) is 0.716. The second kappa shape index (κ2) is 6.96. The molecular formula is C15H17NO3S. The summed E-state index contributed by atoms with van der Waals surface area (Å²) in [6.07, 6.45) is 0. The molecule has 0 radical (unpaired) electrons. The molecule has 0 aliphatic carbocycles. The topological polar surface area (TPSA) is 61.5 Å². The molecule has 0 fully saturated rings. The van der Waals surface area contributed by atoms with Crippen molar-refractivity contribution in [3.63, 3.8) is 0 Å². The van der Waals surface area contributed by atoms with Crippen molar-refractivity contribution in [1.29, 1.82) is 0 Å². The maximum Gasteiger partial charge on any atom is 0.161 e. The van der Waals surface area contributed by atoms with E-state index in [1.54, 1.807) is 31.4 Å². The van der Waals surface area contributed by atoms with Gasteiger partial charge < -0.3 is 15.2 Å². The van der Waals surface area contributed by atoms with Gasteiger partial charge in [-0.05, 0) is 30.3 Å². The van der Waals surface area contributed by atoms with Crippen molar-refractivity contribution in [3.8, 4) is 11.5 Å². The van der Waals surface area contributed by atoms with Crippen molar-refractivity contribution in [2.24, 2.45) is 0 Å². The Morgan fingerprint density at radius 1 is 1.10 bits per heavy atom. The number of hydrogen-bond donors (Lipinski definition) is 1. The van der Waals surface area contributed by atoms with Crippen LogP contribution < -0.4 is 15.2 Å². The van der Waals surface area contributed by atoms with Gasteiger partial charge in [-0.2, -0.15) is 0 Å². The van der Waals surface area contributed by atoms with Crippen LogP contribution >= 0.6 is 0 Å². The van der Waals surface area contributed by atoms with Gasteiger partial charge in [-0.1, -0.05) is 18.2 Å². The molecular weight excluding hydrogens is 274 g/mol. The number of nitrogen functional groups attached to an aromatic ring is 1. The lowest BCUT2D eigenvalue weighted by Gasteiger charge is -2.10. The summed E-state index contributed by atoms with van der Waals surface area (Å²) in [6, 6.07) is 14.5. The highest BCUT2D eigenvalue weighted by Gasteiger charge is 2.06. The van der Waals surface area contributed by atoms with E-state index in [0.717, 1.165) is 0 Å². The number of nitrogens with two attached hydrogens (primary N) is 1. The quantitative estimate of drug-likeness (QED) is 0.831. The van der Waals surface area contributed by atoms with E-state index < -0.39 is 10.8 Å². The summed E-state index contributed by atoms with van der Waals surface area (Å²) in [6.45, 7) is 0.349. The average Bonchev–Trinajstić information content (AvgIpc) is 2.47. The second-order valence-corrected chi connectivity index (χ2v) is 5.69. The molecule has 106 valence electrons. The van der Waals surface area contributed by atoms with Gasteiger partial charge in [0.25, 0.3) is 0 Å². The molecule has 0 saturated heterocycles. The lowest BCUT2D eigenvalue weighted by atomic mass is 10.3. The molecule has 1 atom stereocenters. The maximum atomic E-state index is 12.1. The molecule has 0 amide bonds. The van der Waals surface area contributed by atoms with Crippen molar-refractivity contribution < 1.29 is 13.7 Å². The Balaban J connectivity index is 1.91. The molecule has 0 aliphatic heterocycles. The first-order valence-electron chi connectivity index (χ1n) is 6.20. The highest BCUT2D eigenvalue weighted by atomic mass is 32.2. The van der Waals surface area contributed by atoms with Crippen LogP contribution in [0.4, 0.5) is 5.69 Å². The van der Waals surface area contributed by atoms with Crippen LogP contribution in [0.25, 0.3) is 0 Å². The third-order valence-corrected chi connectivity index (χ3v) is 4.03. The van der Waals surface area contributed by atoms with E-state index in [4.69, 9.17) is 15.2 Å². The lowest BCUT2D eigenvalue weighted by molar-refractivity contribution is 0.313. The molecule has 0 aromatic heterocycles. The SMILES string of the molecule is COc1ccccc1OCCS(=O)c1cccc(N)c1.